The van der Waals surface area contributed by atoms with E-state index in [4.69, 9.17) is 4.74 Å². The van der Waals surface area contributed by atoms with Crippen molar-refractivity contribution in [2.75, 3.05) is 0 Å². The topological polar surface area (TPSA) is 26.3 Å². The van der Waals surface area contributed by atoms with Gasteiger partial charge in [0.25, 0.3) is 0 Å². The molecular formula is C17H28O2. The maximum Gasteiger partial charge on any atom is 0.330 e. The van der Waals surface area contributed by atoms with Gasteiger partial charge < -0.3 is 4.74 Å². The molecule has 3 atom stereocenters. The predicted molar refractivity (Wildman–Crippen MR) is 79.8 cm³/mol. The summed E-state index contributed by atoms with van der Waals surface area (Å²) in [5.74, 6) is 0.440. The molecule has 0 N–H and O–H groups in total. The molecule has 2 heteroatoms. The van der Waals surface area contributed by atoms with E-state index < -0.39 is 0 Å². The number of carbonyl (C=O) groups is 1. The molecule has 2 bridgehead atoms. The van der Waals surface area contributed by atoms with E-state index in [2.05, 4.69) is 33.9 Å². The van der Waals surface area contributed by atoms with Crippen LogP contribution in [0, 0.1) is 16.7 Å². The first-order chi connectivity index (χ1) is 8.65. The zero-order chi connectivity index (χ0) is 14.8. The number of esters is 1. The molecule has 0 radical (unpaired) electrons. The van der Waals surface area contributed by atoms with E-state index in [1.165, 1.54) is 24.5 Å². The number of carbonyl (C=O) groups excluding carboxylic acids is 1. The fourth-order valence-electron chi connectivity index (χ4n) is 3.50. The van der Waals surface area contributed by atoms with E-state index in [1.54, 1.807) is 0 Å². The van der Waals surface area contributed by atoms with Crippen LogP contribution in [-0.2, 0) is 9.53 Å². The Morgan fingerprint density at radius 1 is 1.32 bits per heavy atom. The van der Waals surface area contributed by atoms with Crippen LogP contribution in [0.25, 0.3) is 0 Å². The highest BCUT2D eigenvalue weighted by atomic mass is 16.5. The summed E-state index contributed by atoms with van der Waals surface area (Å²) in [7, 11) is 0. The van der Waals surface area contributed by atoms with Crippen molar-refractivity contribution in [1.29, 1.82) is 0 Å². The van der Waals surface area contributed by atoms with Gasteiger partial charge in [0.05, 0.1) is 0 Å². The summed E-state index contributed by atoms with van der Waals surface area (Å²) >= 11 is 0. The molecule has 0 spiro atoms. The fourth-order valence-corrected chi connectivity index (χ4v) is 3.50. The van der Waals surface area contributed by atoms with Gasteiger partial charge in [0, 0.05) is 11.5 Å². The van der Waals surface area contributed by atoms with E-state index in [0.29, 0.717) is 11.3 Å². The fraction of sp³-hybridized carbons (Fsp3) is 0.706. The molecule has 0 aromatic rings. The van der Waals surface area contributed by atoms with Crippen molar-refractivity contribution >= 4 is 5.97 Å². The molecular weight excluding hydrogens is 236 g/mol. The maximum absolute atomic E-state index is 11.3. The normalized spacial score (nSPS) is 34.2. The van der Waals surface area contributed by atoms with Crippen molar-refractivity contribution < 1.29 is 9.53 Å². The van der Waals surface area contributed by atoms with Crippen molar-refractivity contribution in [3.05, 3.63) is 24.8 Å². The number of rotatable bonds is 2. The lowest BCUT2D eigenvalue weighted by molar-refractivity contribution is -0.150. The first kappa shape index (κ1) is 16.0. The summed E-state index contributed by atoms with van der Waals surface area (Å²) in [6, 6.07) is 0. The predicted octanol–water partition coefficient (Wildman–Crippen LogP) is 4.51. The molecule has 2 fully saturated rings. The molecule has 2 rings (SSSR count). The van der Waals surface area contributed by atoms with E-state index in [9.17, 15) is 4.79 Å². The average Bonchev–Trinajstić information content (AvgIpc) is 2.61. The van der Waals surface area contributed by atoms with E-state index >= 15 is 0 Å². The molecule has 0 saturated heterocycles. The number of hydrogen-bond donors (Lipinski definition) is 0. The molecule has 3 unspecified atom stereocenters. The largest absolute Gasteiger partial charge is 0.459 e. The number of hydrogen-bond acceptors (Lipinski definition) is 2. The van der Waals surface area contributed by atoms with Crippen molar-refractivity contribution in [3.8, 4) is 0 Å². The van der Waals surface area contributed by atoms with Crippen molar-refractivity contribution in [1.82, 2.24) is 0 Å². The van der Waals surface area contributed by atoms with Crippen LogP contribution < -0.4 is 0 Å². The van der Waals surface area contributed by atoms with Gasteiger partial charge in [0.1, 0.15) is 6.10 Å². The van der Waals surface area contributed by atoms with Gasteiger partial charge in [-0.3, -0.25) is 0 Å². The number of fused-ring (bicyclic) bond motifs is 2. The Labute approximate surface area is 117 Å². The van der Waals surface area contributed by atoms with Crippen LogP contribution in [0.4, 0.5) is 0 Å². The molecule has 0 amide bonds. The first-order valence-corrected chi connectivity index (χ1v) is 7.10. The van der Waals surface area contributed by atoms with Gasteiger partial charge in [-0.1, -0.05) is 32.9 Å². The summed E-state index contributed by atoms with van der Waals surface area (Å²) in [6.07, 6.45) is 4.85. The third-order valence-electron chi connectivity index (χ3n) is 5.14. The molecule has 0 aromatic carbocycles. The van der Waals surface area contributed by atoms with Crippen molar-refractivity contribution in [2.24, 2.45) is 16.7 Å². The SMILES string of the molecule is C=C(C)C.C=CC(=O)OC1CC2CCC1(C)C2(C)C. The number of ether oxygens (including phenoxy) is 1. The van der Waals surface area contributed by atoms with Gasteiger partial charge >= 0.3 is 5.97 Å². The summed E-state index contributed by atoms with van der Waals surface area (Å²) in [6.45, 7) is 17.8. The minimum Gasteiger partial charge on any atom is -0.459 e. The maximum atomic E-state index is 11.3. The van der Waals surface area contributed by atoms with E-state index in [-0.39, 0.29) is 17.5 Å². The molecule has 0 aromatic heterocycles. The molecule has 19 heavy (non-hydrogen) atoms. The van der Waals surface area contributed by atoms with Gasteiger partial charge in [-0.05, 0) is 44.4 Å². The molecule has 108 valence electrons. The molecule has 2 aliphatic rings. The summed E-state index contributed by atoms with van der Waals surface area (Å²) in [5, 5.41) is 0. The lowest BCUT2D eigenvalue weighted by atomic mass is 9.70. The van der Waals surface area contributed by atoms with Gasteiger partial charge in [0.2, 0.25) is 0 Å². The highest BCUT2D eigenvalue weighted by Gasteiger charge is 2.62. The van der Waals surface area contributed by atoms with Gasteiger partial charge in [-0.15, -0.1) is 6.58 Å². The lowest BCUT2D eigenvalue weighted by Gasteiger charge is -2.38. The Bertz CT molecular complexity index is 377. The summed E-state index contributed by atoms with van der Waals surface area (Å²) in [5.41, 5.74) is 1.63. The monoisotopic (exact) mass is 264 g/mol. The Balaban J connectivity index is 0.000000399. The smallest absolute Gasteiger partial charge is 0.330 e. The van der Waals surface area contributed by atoms with Crippen LogP contribution in [0.1, 0.15) is 53.9 Å². The second-order valence-electron chi connectivity index (χ2n) is 6.95. The third-order valence-corrected chi connectivity index (χ3v) is 5.14. The summed E-state index contributed by atoms with van der Waals surface area (Å²) < 4.78 is 5.48. The molecule has 2 saturated carbocycles. The van der Waals surface area contributed by atoms with Crippen molar-refractivity contribution in [2.45, 2.75) is 60.0 Å². The zero-order valence-corrected chi connectivity index (χ0v) is 13.1. The molecule has 0 heterocycles. The average molecular weight is 264 g/mol. The minimum absolute atomic E-state index is 0.0942. The Hall–Kier alpha value is -1.05. The Morgan fingerprint density at radius 3 is 2.16 bits per heavy atom. The Morgan fingerprint density at radius 2 is 1.84 bits per heavy atom. The van der Waals surface area contributed by atoms with Crippen molar-refractivity contribution in [3.63, 3.8) is 0 Å². The quantitative estimate of drug-likeness (QED) is 0.416. The highest BCUT2D eigenvalue weighted by molar-refractivity contribution is 5.81. The molecule has 2 nitrogen and oxygen atoms in total. The summed E-state index contributed by atoms with van der Waals surface area (Å²) in [4.78, 5) is 11.3. The lowest BCUT2D eigenvalue weighted by Crippen LogP contribution is -2.38. The van der Waals surface area contributed by atoms with Crippen LogP contribution in [0.3, 0.4) is 0 Å². The van der Waals surface area contributed by atoms with Gasteiger partial charge in [-0.25, -0.2) is 4.79 Å². The van der Waals surface area contributed by atoms with E-state index in [0.717, 1.165) is 6.42 Å². The molecule has 0 aliphatic heterocycles. The standard InChI is InChI=1S/C13H20O2.C4H8/c1-5-11(14)15-10-8-9-6-7-13(10,4)12(9,2)3;1-4(2)3/h5,9-10H,1,6-8H2,2-4H3;1H2,2-3H3. The second kappa shape index (κ2) is 5.52. The third kappa shape index (κ3) is 2.93. The van der Waals surface area contributed by atoms with Crippen LogP contribution in [0.2, 0.25) is 0 Å². The van der Waals surface area contributed by atoms with E-state index in [1.807, 2.05) is 13.8 Å². The van der Waals surface area contributed by atoms with Crippen LogP contribution >= 0.6 is 0 Å². The van der Waals surface area contributed by atoms with Gasteiger partial charge in [-0.2, -0.15) is 0 Å². The van der Waals surface area contributed by atoms with Crippen LogP contribution in [0.15, 0.2) is 24.8 Å². The number of allylic oxidation sites excluding steroid dienone is 1. The molecule has 2 aliphatic carbocycles. The van der Waals surface area contributed by atoms with Crippen LogP contribution in [0.5, 0.6) is 0 Å². The highest BCUT2D eigenvalue weighted by Crippen LogP contribution is 2.66. The van der Waals surface area contributed by atoms with Gasteiger partial charge in [0.15, 0.2) is 0 Å². The zero-order valence-electron chi connectivity index (χ0n) is 13.1. The first-order valence-electron chi connectivity index (χ1n) is 7.10. The second-order valence-corrected chi connectivity index (χ2v) is 6.95. The van der Waals surface area contributed by atoms with Crippen LogP contribution in [-0.4, -0.2) is 12.1 Å². The Kier molecular flexibility index (Phi) is 4.65. The minimum atomic E-state index is -0.274.